The molecule has 0 spiro atoms. The van der Waals surface area contributed by atoms with Crippen LogP contribution in [-0.2, 0) is 11.2 Å². The van der Waals surface area contributed by atoms with Crippen LogP contribution in [0.15, 0.2) is 24.3 Å². The first-order valence-corrected chi connectivity index (χ1v) is 6.49. The van der Waals surface area contributed by atoms with Crippen molar-refractivity contribution in [3.05, 3.63) is 35.4 Å². The zero-order chi connectivity index (χ0) is 14.2. The fourth-order valence-corrected chi connectivity index (χ4v) is 2.88. The van der Waals surface area contributed by atoms with Gasteiger partial charge in [-0.2, -0.15) is 0 Å². The standard InChI is InChI=1S/C15H21NO3/c1-15(2,3)16(14(17)18)13-11-8-6-5-7-10(11)9-12(13)19-4/h5-8,12-13H,9H2,1-4H3,(H,17,18)/t12-,13+/m0/s1. The summed E-state index contributed by atoms with van der Waals surface area (Å²) in [4.78, 5) is 13.2. The van der Waals surface area contributed by atoms with E-state index in [4.69, 9.17) is 4.74 Å². The Morgan fingerprint density at radius 1 is 1.37 bits per heavy atom. The summed E-state index contributed by atoms with van der Waals surface area (Å²) < 4.78 is 5.53. The molecule has 2 rings (SSSR count). The molecular weight excluding hydrogens is 242 g/mol. The van der Waals surface area contributed by atoms with E-state index in [0.29, 0.717) is 0 Å². The Bertz CT molecular complexity index is 479. The van der Waals surface area contributed by atoms with Gasteiger partial charge in [-0.15, -0.1) is 0 Å². The summed E-state index contributed by atoms with van der Waals surface area (Å²) in [5, 5.41) is 9.58. The average Bonchev–Trinajstić information content (AvgIpc) is 2.66. The molecule has 4 nitrogen and oxygen atoms in total. The molecule has 0 unspecified atom stereocenters. The van der Waals surface area contributed by atoms with Crippen LogP contribution in [0.4, 0.5) is 4.79 Å². The van der Waals surface area contributed by atoms with Crippen molar-refractivity contribution in [2.75, 3.05) is 7.11 Å². The number of hydrogen-bond acceptors (Lipinski definition) is 2. The van der Waals surface area contributed by atoms with Crippen LogP contribution in [-0.4, -0.2) is 34.9 Å². The first-order valence-electron chi connectivity index (χ1n) is 6.49. The molecule has 1 amide bonds. The molecule has 0 bridgehead atoms. The number of carboxylic acid groups (broad SMARTS) is 1. The van der Waals surface area contributed by atoms with E-state index >= 15 is 0 Å². The molecule has 0 saturated carbocycles. The zero-order valence-electron chi connectivity index (χ0n) is 11.9. The summed E-state index contributed by atoms with van der Waals surface area (Å²) in [6, 6.07) is 7.74. The quantitative estimate of drug-likeness (QED) is 0.892. The largest absolute Gasteiger partial charge is 0.465 e. The fraction of sp³-hybridized carbons (Fsp3) is 0.533. The first kappa shape index (κ1) is 13.9. The van der Waals surface area contributed by atoms with Gasteiger partial charge in [-0.25, -0.2) is 4.79 Å². The fourth-order valence-electron chi connectivity index (χ4n) is 2.88. The van der Waals surface area contributed by atoms with E-state index < -0.39 is 11.6 Å². The Morgan fingerprint density at radius 3 is 2.53 bits per heavy atom. The van der Waals surface area contributed by atoms with Crippen molar-refractivity contribution in [3.63, 3.8) is 0 Å². The number of ether oxygens (including phenoxy) is 1. The molecule has 0 aromatic heterocycles. The molecule has 1 aromatic rings. The maximum Gasteiger partial charge on any atom is 0.408 e. The van der Waals surface area contributed by atoms with E-state index in [9.17, 15) is 9.90 Å². The number of carbonyl (C=O) groups is 1. The number of benzene rings is 1. The van der Waals surface area contributed by atoms with Crippen molar-refractivity contribution in [1.82, 2.24) is 4.90 Å². The van der Waals surface area contributed by atoms with Crippen molar-refractivity contribution in [3.8, 4) is 0 Å². The Balaban J connectivity index is 2.48. The molecule has 4 heteroatoms. The van der Waals surface area contributed by atoms with Crippen LogP contribution in [0.25, 0.3) is 0 Å². The van der Waals surface area contributed by atoms with Crippen LogP contribution in [0.1, 0.15) is 37.9 Å². The maximum atomic E-state index is 11.7. The highest BCUT2D eigenvalue weighted by Gasteiger charge is 2.43. The molecule has 1 aliphatic rings. The second kappa shape index (κ2) is 4.85. The summed E-state index contributed by atoms with van der Waals surface area (Å²) in [6.07, 6.45) is -0.263. The van der Waals surface area contributed by atoms with Gasteiger partial charge in [-0.1, -0.05) is 24.3 Å². The summed E-state index contributed by atoms with van der Waals surface area (Å²) in [6.45, 7) is 5.73. The minimum atomic E-state index is -0.906. The predicted octanol–water partition coefficient (Wildman–Crippen LogP) is 3.08. The van der Waals surface area contributed by atoms with E-state index in [-0.39, 0.29) is 12.1 Å². The van der Waals surface area contributed by atoms with Crippen molar-refractivity contribution >= 4 is 6.09 Å². The van der Waals surface area contributed by atoms with E-state index in [0.717, 1.165) is 12.0 Å². The number of nitrogens with zero attached hydrogens (tertiary/aromatic N) is 1. The van der Waals surface area contributed by atoms with Crippen LogP contribution in [0, 0.1) is 0 Å². The highest BCUT2D eigenvalue weighted by atomic mass is 16.5. The third kappa shape index (κ3) is 2.45. The second-order valence-corrected chi connectivity index (χ2v) is 5.95. The molecule has 0 radical (unpaired) electrons. The molecule has 0 aliphatic heterocycles. The number of hydrogen-bond donors (Lipinski definition) is 1. The van der Waals surface area contributed by atoms with E-state index in [1.807, 2.05) is 45.0 Å². The average molecular weight is 263 g/mol. The molecule has 2 atom stereocenters. The van der Waals surface area contributed by atoms with E-state index in [1.165, 1.54) is 10.5 Å². The minimum absolute atomic E-state index is 0.118. The van der Waals surface area contributed by atoms with E-state index in [2.05, 4.69) is 0 Å². The Morgan fingerprint density at radius 2 is 2.00 bits per heavy atom. The SMILES string of the molecule is CO[C@H]1Cc2ccccc2[C@H]1N(C(=O)O)C(C)(C)C. The van der Waals surface area contributed by atoms with Crippen molar-refractivity contribution < 1.29 is 14.6 Å². The summed E-state index contributed by atoms with van der Waals surface area (Å²) in [5.41, 5.74) is 1.77. The lowest BCUT2D eigenvalue weighted by molar-refractivity contribution is -0.00592. The van der Waals surface area contributed by atoms with Gasteiger partial charge >= 0.3 is 6.09 Å². The lowest BCUT2D eigenvalue weighted by Gasteiger charge is -2.40. The monoisotopic (exact) mass is 263 g/mol. The van der Waals surface area contributed by atoms with Crippen molar-refractivity contribution in [1.29, 1.82) is 0 Å². The number of amides is 1. The molecule has 0 saturated heterocycles. The minimum Gasteiger partial charge on any atom is -0.465 e. The Hall–Kier alpha value is -1.55. The zero-order valence-corrected chi connectivity index (χ0v) is 11.9. The molecule has 0 fully saturated rings. The van der Waals surface area contributed by atoms with Crippen LogP contribution in [0.5, 0.6) is 0 Å². The van der Waals surface area contributed by atoms with Crippen molar-refractivity contribution in [2.24, 2.45) is 0 Å². The topological polar surface area (TPSA) is 49.8 Å². The van der Waals surface area contributed by atoms with Gasteiger partial charge in [0.1, 0.15) is 0 Å². The van der Waals surface area contributed by atoms with Gasteiger partial charge < -0.3 is 9.84 Å². The molecule has 19 heavy (non-hydrogen) atoms. The normalized spacial score (nSPS) is 22.1. The molecule has 1 aliphatic carbocycles. The highest BCUT2D eigenvalue weighted by Crippen LogP contribution is 2.40. The Labute approximate surface area is 114 Å². The van der Waals surface area contributed by atoms with Gasteiger partial charge in [0.25, 0.3) is 0 Å². The van der Waals surface area contributed by atoms with Gasteiger partial charge in [0.15, 0.2) is 0 Å². The van der Waals surface area contributed by atoms with Gasteiger partial charge in [-0.3, -0.25) is 4.90 Å². The van der Waals surface area contributed by atoms with Gasteiger partial charge in [0, 0.05) is 19.1 Å². The van der Waals surface area contributed by atoms with Crippen LogP contribution >= 0.6 is 0 Å². The molecule has 1 aromatic carbocycles. The van der Waals surface area contributed by atoms with E-state index in [1.54, 1.807) is 7.11 Å². The summed E-state index contributed by atoms with van der Waals surface area (Å²) in [7, 11) is 1.65. The highest BCUT2D eigenvalue weighted by molar-refractivity contribution is 5.67. The second-order valence-electron chi connectivity index (χ2n) is 5.95. The Kier molecular flexibility index (Phi) is 3.54. The van der Waals surface area contributed by atoms with Gasteiger partial charge in [0.05, 0.1) is 12.1 Å². The number of rotatable bonds is 2. The molecule has 1 N–H and O–H groups in total. The molecule has 104 valence electrons. The van der Waals surface area contributed by atoms with Crippen LogP contribution in [0.3, 0.4) is 0 Å². The third-order valence-corrected chi connectivity index (χ3v) is 3.66. The predicted molar refractivity (Wildman–Crippen MR) is 73.3 cm³/mol. The number of methoxy groups -OCH3 is 1. The van der Waals surface area contributed by atoms with Crippen LogP contribution in [0.2, 0.25) is 0 Å². The van der Waals surface area contributed by atoms with Crippen molar-refractivity contribution in [2.45, 2.75) is 44.9 Å². The smallest absolute Gasteiger partial charge is 0.408 e. The third-order valence-electron chi connectivity index (χ3n) is 3.66. The van der Waals surface area contributed by atoms with Gasteiger partial charge in [-0.05, 0) is 31.9 Å². The summed E-state index contributed by atoms with van der Waals surface area (Å²) in [5.74, 6) is 0. The molecule has 0 heterocycles. The lowest BCUT2D eigenvalue weighted by Crippen LogP contribution is -2.49. The lowest BCUT2D eigenvalue weighted by atomic mass is 9.99. The first-order chi connectivity index (χ1) is 8.86. The molecular formula is C15H21NO3. The summed E-state index contributed by atoms with van der Waals surface area (Å²) >= 11 is 0. The number of fused-ring (bicyclic) bond motifs is 1. The van der Waals surface area contributed by atoms with Crippen LogP contribution < -0.4 is 0 Å². The maximum absolute atomic E-state index is 11.7. The van der Waals surface area contributed by atoms with Gasteiger partial charge in [0.2, 0.25) is 0 Å².